The molecule has 0 aliphatic carbocycles. The first-order valence-electron chi connectivity index (χ1n) is 6.98. The van der Waals surface area contributed by atoms with Crippen molar-refractivity contribution in [2.24, 2.45) is 0 Å². The molecule has 112 valence electrons. The van der Waals surface area contributed by atoms with E-state index in [2.05, 4.69) is 12.2 Å². The summed E-state index contributed by atoms with van der Waals surface area (Å²) in [6.07, 6.45) is 0. The zero-order chi connectivity index (χ0) is 15.1. The fraction of sp³-hybridized carbons (Fsp3) is 0.294. The van der Waals surface area contributed by atoms with Crippen molar-refractivity contribution in [3.05, 3.63) is 58.6 Å². The number of halogens is 1. The van der Waals surface area contributed by atoms with Gasteiger partial charge in [0, 0.05) is 28.8 Å². The Kier molecular flexibility index (Phi) is 5.90. The summed E-state index contributed by atoms with van der Waals surface area (Å²) in [4.78, 5) is 0. The summed E-state index contributed by atoms with van der Waals surface area (Å²) in [7, 11) is 1.65. The molecule has 1 N–H and O–H groups in total. The Morgan fingerprint density at radius 2 is 1.90 bits per heavy atom. The molecule has 0 unspecified atom stereocenters. The molecule has 21 heavy (non-hydrogen) atoms. The van der Waals surface area contributed by atoms with Gasteiger partial charge in [-0.3, -0.25) is 0 Å². The Balaban J connectivity index is 2.14. The standard InChI is InChI=1S/C17H20ClNO2/c1-3-19-11-13-8-9-15(20-2)10-17(13)21-12-14-6-4-5-7-16(14)18/h4-10,19H,3,11-12H2,1-2H3. The van der Waals surface area contributed by atoms with Crippen LogP contribution in [0.15, 0.2) is 42.5 Å². The smallest absolute Gasteiger partial charge is 0.127 e. The highest BCUT2D eigenvalue weighted by Gasteiger charge is 2.07. The van der Waals surface area contributed by atoms with Crippen molar-refractivity contribution in [1.82, 2.24) is 5.32 Å². The molecule has 2 aromatic carbocycles. The van der Waals surface area contributed by atoms with Gasteiger partial charge in [0.2, 0.25) is 0 Å². The number of methoxy groups -OCH3 is 1. The Labute approximate surface area is 130 Å². The van der Waals surface area contributed by atoms with E-state index in [9.17, 15) is 0 Å². The third-order valence-electron chi connectivity index (χ3n) is 3.18. The molecule has 0 aliphatic rings. The Morgan fingerprint density at radius 1 is 1.10 bits per heavy atom. The number of hydrogen-bond donors (Lipinski definition) is 1. The van der Waals surface area contributed by atoms with E-state index in [1.54, 1.807) is 7.11 Å². The van der Waals surface area contributed by atoms with E-state index >= 15 is 0 Å². The lowest BCUT2D eigenvalue weighted by Crippen LogP contribution is -2.13. The van der Waals surface area contributed by atoms with Gasteiger partial charge in [0.1, 0.15) is 18.1 Å². The van der Waals surface area contributed by atoms with Crippen LogP contribution in [0.1, 0.15) is 18.1 Å². The highest BCUT2D eigenvalue weighted by molar-refractivity contribution is 6.31. The molecule has 0 bridgehead atoms. The van der Waals surface area contributed by atoms with Crippen LogP contribution in [0.25, 0.3) is 0 Å². The fourth-order valence-electron chi connectivity index (χ4n) is 1.97. The summed E-state index contributed by atoms with van der Waals surface area (Å²) >= 11 is 6.16. The first-order valence-corrected chi connectivity index (χ1v) is 7.36. The largest absolute Gasteiger partial charge is 0.497 e. The van der Waals surface area contributed by atoms with Gasteiger partial charge in [0.05, 0.1) is 7.11 Å². The van der Waals surface area contributed by atoms with Gasteiger partial charge in [-0.25, -0.2) is 0 Å². The molecule has 0 heterocycles. The molecule has 0 saturated heterocycles. The second-order valence-corrected chi connectivity index (χ2v) is 5.04. The summed E-state index contributed by atoms with van der Waals surface area (Å²) in [6, 6.07) is 13.6. The Bertz CT molecular complexity index is 587. The van der Waals surface area contributed by atoms with E-state index in [4.69, 9.17) is 21.1 Å². The quantitative estimate of drug-likeness (QED) is 0.837. The van der Waals surface area contributed by atoms with E-state index in [1.165, 1.54) is 0 Å². The fourth-order valence-corrected chi connectivity index (χ4v) is 2.16. The van der Waals surface area contributed by atoms with Crippen molar-refractivity contribution >= 4 is 11.6 Å². The third-order valence-corrected chi connectivity index (χ3v) is 3.55. The van der Waals surface area contributed by atoms with Crippen molar-refractivity contribution < 1.29 is 9.47 Å². The molecular formula is C17H20ClNO2. The molecule has 2 aromatic rings. The topological polar surface area (TPSA) is 30.5 Å². The first kappa shape index (κ1) is 15.7. The van der Waals surface area contributed by atoms with Gasteiger partial charge >= 0.3 is 0 Å². The summed E-state index contributed by atoms with van der Waals surface area (Å²) in [5, 5.41) is 4.02. The van der Waals surface area contributed by atoms with Crippen LogP contribution in [-0.4, -0.2) is 13.7 Å². The minimum Gasteiger partial charge on any atom is -0.497 e. The molecule has 0 radical (unpaired) electrons. The average Bonchev–Trinajstić information content (AvgIpc) is 2.52. The van der Waals surface area contributed by atoms with E-state index in [0.717, 1.165) is 35.7 Å². The molecule has 0 spiro atoms. The van der Waals surface area contributed by atoms with Crippen LogP contribution in [0, 0.1) is 0 Å². The maximum Gasteiger partial charge on any atom is 0.127 e. The lowest BCUT2D eigenvalue weighted by Gasteiger charge is -2.14. The van der Waals surface area contributed by atoms with Crippen molar-refractivity contribution in [1.29, 1.82) is 0 Å². The van der Waals surface area contributed by atoms with Crippen molar-refractivity contribution in [2.45, 2.75) is 20.1 Å². The van der Waals surface area contributed by atoms with Gasteiger partial charge in [-0.1, -0.05) is 42.8 Å². The number of hydrogen-bond acceptors (Lipinski definition) is 3. The van der Waals surface area contributed by atoms with Gasteiger partial charge in [-0.05, 0) is 18.7 Å². The second-order valence-electron chi connectivity index (χ2n) is 4.63. The van der Waals surface area contributed by atoms with Crippen LogP contribution in [0.3, 0.4) is 0 Å². The second kappa shape index (κ2) is 7.91. The number of ether oxygens (including phenoxy) is 2. The lowest BCUT2D eigenvalue weighted by atomic mass is 10.2. The molecule has 0 aliphatic heterocycles. The minimum absolute atomic E-state index is 0.436. The average molecular weight is 306 g/mol. The van der Waals surface area contributed by atoms with Crippen LogP contribution in [0.5, 0.6) is 11.5 Å². The van der Waals surface area contributed by atoms with Crippen LogP contribution in [0.4, 0.5) is 0 Å². The molecule has 0 saturated carbocycles. The predicted molar refractivity (Wildman–Crippen MR) is 86.2 cm³/mol. The van der Waals surface area contributed by atoms with Gasteiger partial charge < -0.3 is 14.8 Å². The maximum absolute atomic E-state index is 6.16. The zero-order valence-electron chi connectivity index (χ0n) is 12.4. The molecule has 3 nitrogen and oxygen atoms in total. The summed E-state index contributed by atoms with van der Waals surface area (Å²) < 4.78 is 11.2. The number of benzene rings is 2. The monoisotopic (exact) mass is 305 g/mol. The van der Waals surface area contributed by atoms with E-state index in [1.807, 2.05) is 42.5 Å². The van der Waals surface area contributed by atoms with Crippen molar-refractivity contribution in [2.75, 3.05) is 13.7 Å². The minimum atomic E-state index is 0.436. The Hall–Kier alpha value is -1.71. The summed E-state index contributed by atoms with van der Waals surface area (Å²) in [6.45, 7) is 4.19. The van der Waals surface area contributed by atoms with Gasteiger partial charge in [0.25, 0.3) is 0 Å². The predicted octanol–water partition coefficient (Wildman–Crippen LogP) is 4.04. The molecule has 0 atom stereocenters. The summed E-state index contributed by atoms with van der Waals surface area (Å²) in [5.41, 5.74) is 2.07. The highest BCUT2D eigenvalue weighted by Crippen LogP contribution is 2.26. The summed E-state index contributed by atoms with van der Waals surface area (Å²) in [5.74, 6) is 1.60. The van der Waals surface area contributed by atoms with E-state index in [0.29, 0.717) is 11.6 Å². The SMILES string of the molecule is CCNCc1ccc(OC)cc1OCc1ccccc1Cl. The van der Waals surface area contributed by atoms with Crippen molar-refractivity contribution in [3.63, 3.8) is 0 Å². The highest BCUT2D eigenvalue weighted by atomic mass is 35.5. The molecular weight excluding hydrogens is 286 g/mol. The van der Waals surface area contributed by atoms with E-state index < -0.39 is 0 Å². The lowest BCUT2D eigenvalue weighted by molar-refractivity contribution is 0.299. The van der Waals surface area contributed by atoms with Crippen LogP contribution >= 0.6 is 11.6 Å². The van der Waals surface area contributed by atoms with Crippen molar-refractivity contribution in [3.8, 4) is 11.5 Å². The molecule has 0 aromatic heterocycles. The zero-order valence-corrected chi connectivity index (χ0v) is 13.1. The molecule has 2 rings (SSSR count). The van der Waals surface area contributed by atoms with Gasteiger partial charge in [-0.15, -0.1) is 0 Å². The normalized spacial score (nSPS) is 10.4. The third kappa shape index (κ3) is 4.38. The first-order chi connectivity index (χ1) is 10.2. The van der Waals surface area contributed by atoms with Crippen LogP contribution in [0.2, 0.25) is 5.02 Å². The molecule has 4 heteroatoms. The number of rotatable bonds is 7. The van der Waals surface area contributed by atoms with Gasteiger partial charge in [0.15, 0.2) is 0 Å². The molecule has 0 amide bonds. The maximum atomic E-state index is 6.16. The molecule has 0 fully saturated rings. The number of nitrogens with one attached hydrogen (secondary N) is 1. The van der Waals surface area contributed by atoms with Crippen LogP contribution in [-0.2, 0) is 13.2 Å². The Morgan fingerprint density at radius 3 is 2.62 bits per heavy atom. The van der Waals surface area contributed by atoms with Crippen LogP contribution < -0.4 is 14.8 Å². The van der Waals surface area contributed by atoms with E-state index in [-0.39, 0.29) is 0 Å². The van der Waals surface area contributed by atoms with Gasteiger partial charge in [-0.2, -0.15) is 0 Å².